The molecule has 1 aliphatic rings. The molecule has 3 heteroatoms. The molecule has 1 rings (SSSR count). The summed E-state index contributed by atoms with van der Waals surface area (Å²) in [6.07, 6.45) is 0.668. The summed E-state index contributed by atoms with van der Waals surface area (Å²) in [4.78, 5) is 14.4. The van der Waals surface area contributed by atoms with Crippen LogP contribution >= 0.6 is 11.8 Å². The molecule has 0 unspecified atom stereocenters. The Labute approximate surface area is 103 Å². The Morgan fingerprint density at radius 3 is 2.50 bits per heavy atom. The number of thioether (sulfide) groups is 1. The molecule has 0 bridgehead atoms. The van der Waals surface area contributed by atoms with Gasteiger partial charge in [-0.25, -0.2) is 0 Å². The van der Waals surface area contributed by atoms with Crippen LogP contribution in [0, 0.1) is 5.92 Å². The van der Waals surface area contributed by atoms with Crippen LogP contribution in [0.25, 0.3) is 0 Å². The third kappa shape index (κ3) is 3.27. The van der Waals surface area contributed by atoms with Gasteiger partial charge in [-0.05, 0) is 26.7 Å². The normalized spacial score (nSPS) is 19.8. The maximum Gasteiger partial charge on any atom is 0.161 e. The quantitative estimate of drug-likeness (QED) is 0.704. The zero-order valence-corrected chi connectivity index (χ0v) is 11.9. The lowest BCUT2D eigenvalue weighted by Gasteiger charge is -2.25. The number of carbonyl (C=O) groups excluding carboxylic acids is 1. The van der Waals surface area contributed by atoms with Crippen molar-refractivity contribution < 1.29 is 4.79 Å². The highest BCUT2D eigenvalue weighted by Gasteiger charge is 2.24. The number of ketones is 1. The zero-order valence-electron chi connectivity index (χ0n) is 11.0. The van der Waals surface area contributed by atoms with Crippen molar-refractivity contribution >= 4 is 17.5 Å². The molecule has 16 heavy (non-hydrogen) atoms. The van der Waals surface area contributed by atoms with Gasteiger partial charge in [0.2, 0.25) is 0 Å². The average Bonchev–Trinajstić information content (AvgIpc) is 2.63. The largest absolute Gasteiger partial charge is 0.363 e. The van der Waals surface area contributed by atoms with Crippen molar-refractivity contribution in [3.8, 4) is 0 Å². The number of rotatable bonds is 4. The van der Waals surface area contributed by atoms with E-state index in [1.54, 1.807) is 0 Å². The Hall–Kier alpha value is -0.440. The molecule has 0 aromatic heterocycles. The van der Waals surface area contributed by atoms with Gasteiger partial charge in [0.05, 0.1) is 5.03 Å². The SMILES string of the molecule is C/C(C(=O)CC(C)C)=C1/SCCN1C(C)C. The van der Waals surface area contributed by atoms with E-state index in [9.17, 15) is 4.79 Å². The van der Waals surface area contributed by atoms with E-state index in [2.05, 4.69) is 32.6 Å². The van der Waals surface area contributed by atoms with Gasteiger partial charge in [-0.1, -0.05) is 13.8 Å². The highest BCUT2D eigenvalue weighted by Crippen LogP contribution is 2.33. The van der Waals surface area contributed by atoms with Crippen molar-refractivity contribution in [2.45, 2.75) is 47.1 Å². The lowest BCUT2D eigenvalue weighted by atomic mass is 10.0. The standard InChI is InChI=1S/C13H23NOS/c1-9(2)8-12(15)11(5)13-14(10(3)4)6-7-16-13/h9-10H,6-8H2,1-5H3/b13-11-. The number of hydrogen-bond acceptors (Lipinski definition) is 3. The Kier molecular flexibility index (Phi) is 4.90. The monoisotopic (exact) mass is 241 g/mol. The van der Waals surface area contributed by atoms with Crippen LogP contribution in [0.1, 0.15) is 41.0 Å². The second kappa shape index (κ2) is 5.76. The Morgan fingerprint density at radius 1 is 1.38 bits per heavy atom. The molecule has 0 amide bonds. The summed E-state index contributed by atoms with van der Waals surface area (Å²) >= 11 is 1.83. The number of allylic oxidation sites excluding steroid dienone is 1. The van der Waals surface area contributed by atoms with E-state index in [1.807, 2.05) is 18.7 Å². The van der Waals surface area contributed by atoms with E-state index < -0.39 is 0 Å². The van der Waals surface area contributed by atoms with Crippen LogP contribution in [0.3, 0.4) is 0 Å². The van der Waals surface area contributed by atoms with Gasteiger partial charge in [0.1, 0.15) is 0 Å². The number of Topliss-reactive ketones (excluding diaryl/α,β-unsaturated/α-hetero) is 1. The fourth-order valence-electron chi connectivity index (χ4n) is 1.88. The smallest absolute Gasteiger partial charge is 0.161 e. The summed E-state index contributed by atoms with van der Waals surface area (Å²) in [7, 11) is 0. The molecule has 0 aromatic carbocycles. The molecule has 92 valence electrons. The molecule has 0 spiro atoms. The van der Waals surface area contributed by atoms with Gasteiger partial charge in [-0.15, -0.1) is 11.8 Å². The highest BCUT2D eigenvalue weighted by molar-refractivity contribution is 8.03. The maximum absolute atomic E-state index is 12.0. The van der Waals surface area contributed by atoms with E-state index in [4.69, 9.17) is 0 Å². The molecule has 0 aliphatic carbocycles. The van der Waals surface area contributed by atoms with Crippen LogP contribution in [0.2, 0.25) is 0 Å². The lowest BCUT2D eigenvalue weighted by Crippen LogP contribution is -2.27. The average molecular weight is 241 g/mol. The predicted octanol–water partition coefficient (Wildman–Crippen LogP) is 3.29. The molecule has 0 radical (unpaired) electrons. The first-order chi connectivity index (χ1) is 7.43. The molecule has 1 aliphatic heterocycles. The van der Waals surface area contributed by atoms with Crippen molar-refractivity contribution in [2.75, 3.05) is 12.3 Å². The summed E-state index contributed by atoms with van der Waals surface area (Å²) < 4.78 is 0. The molecular formula is C13H23NOS. The van der Waals surface area contributed by atoms with E-state index in [0.717, 1.165) is 17.9 Å². The van der Waals surface area contributed by atoms with E-state index >= 15 is 0 Å². The minimum atomic E-state index is 0.310. The molecule has 0 atom stereocenters. The minimum Gasteiger partial charge on any atom is -0.363 e. The van der Waals surface area contributed by atoms with Crippen molar-refractivity contribution in [3.63, 3.8) is 0 Å². The first-order valence-corrected chi connectivity index (χ1v) is 7.05. The molecular weight excluding hydrogens is 218 g/mol. The molecule has 0 aromatic rings. The van der Waals surface area contributed by atoms with Crippen LogP contribution in [0.5, 0.6) is 0 Å². The van der Waals surface area contributed by atoms with Crippen LogP contribution in [0.4, 0.5) is 0 Å². The predicted molar refractivity (Wildman–Crippen MR) is 71.5 cm³/mol. The molecule has 1 heterocycles. The van der Waals surface area contributed by atoms with Gasteiger partial charge in [-0.3, -0.25) is 4.79 Å². The van der Waals surface area contributed by atoms with Crippen molar-refractivity contribution in [1.82, 2.24) is 4.90 Å². The number of nitrogens with zero attached hydrogens (tertiary/aromatic N) is 1. The van der Waals surface area contributed by atoms with Gasteiger partial charge in [-0.2, -0.15) is 0 Å². The van der Waals surface area contributed by atoms with Crippen molar-refractivity contribution in [1.29, 1.82) is 0 Å². The van der Waals surface area contributed by atoms with Crippen LogP contribution in [-0.2, 0) is 4.79 Å². The molecule has 0 saturated carbocycles. The number of hydrogen-bond donors (Lipinski definition) is 0. The first-order valence-electron chi connectivity index (χ1n) is 6.07. The van der Waals surface area contributed by atoms with Gasteiger partial charge in [0.25, 0.3) is 0 Å². The fraction of sp³-hybridized carbons (Fsp3) is 0.769. The van der Waals surface area contributed by atoms with Crippen LogP contribution in [-0.4, -0.2) is 29.0 Å². The Morgan fingerprint density at radius 2 is 2.00 bits per heavy atom. The minimum absolute atomic E-state index is 0.310. The molecule has 0 N–H and O–H groups in total. The van der Waals surface area contributed by atoms with Crippen molar-refractivity contribution in [3.05, 3.63) is 10.6 Å². The summed E-state index contributed by atoms with van der Waals surface area (Å²) in [6.45, 7) is 11.6. The highest BCUT2D eigenvalue weighted by atomic mass is 32.2. The van der Waals surface area contributed by atoms with Gasteiger partial charge >= 0.3 is 0 Å². The van der Waals surface area contributed by atoms with Gasteiger partial charge in [0.15, 0.2) is 5.78 Å². The Bertz CT molecular complexity index is 294. The molecule has 1 fully saturated rings. The van der Waals surface area contributed by atoms with Crippen molar-refractivity contribution in [2.24, 2.45) is 5.92 Å². The van der Waals surface area contributed by atoms with E-state index in [-0.39, 0.29) is 0 Å². The Balaban J connectivity index is 2.82. The van der Waals surface area contributed by atoms with Crippen LogP contribution < -0.4 is 0 Å². The lowest BCUT2D eigenvalue weighted by molar-refractivity contribution is -0.116. The molecule has 1 saturated heterocycles. The summed E-state index contributed by atoms with van der Waals surface area (Å²) in [5.41, 5.74) is 0.963. The topological polar surface area (TPSA) is 20.3 Å². The zero-order chi connectivity index (χ0) is 12.3. The second-order valence-corrected chi connectivity index (χ2v) is 6.17. The second-order valence-electron chi connectivity index (χ2n) is 5.09. The first kappa shape index (κ1) is 13.6. The number of carbonyl (C=O) groups is 1. The summed E-state index contributed by atoms with van der Waals surface area (Å²) in [6, 6.07) is 0.492. The summed E-state index contributed by atoms with van der Waals surface area (Å²) in [5.74, 6) is 1.87. The van der Waals surface area contributed by atoms with E-state index in [1.165, 1.54) is 5.03 Å². The summed E-state index contributed by atoms with van der Waals surface area (Å²) in [5, 5.41) is 1.21. The fourth-order valence-corrected chi connectivity index (χ4v) is 3.16. The van der Waals surface area contributed by atoms with Crippen LogP contribution in [0.15, 0.2) is 10.6 Å². The van der Waals surface area contributed by atoms with Gasteiger partial charge < -0.3 is 4.90 Å². The third-order valence-corrected chi connectivity index (χ3v) is 3.99. The third-order valence-electron chi connectivity index (χ3n) is 2.79. The van der Waals surface area contributed by atoms with Gasteiger partial charge in [0, 0.05) is 30.3 Å². The van der Waals surface area contributed by atoms with E-state index in [0.29, 0.717) is 24.2 Å². The molecule has 2 nitrogen and oxygen atoms in total. The maximum atomic E-state index is 12.0.